The zero-order valence-corrected chi connectivity index (χ0v) is 29.5. The Bertz CT molecular complexity index is 525. The number of hydrogen-bond acceptors (Lipinski definition) is 8. The first-order valence-corrected chi connectivity index (χ1v) is 7.87. The van der Waals surface area contributed by atoms with Gasteiger partial charge in [-0.3, -0.25) is 32.1 Å². The molecule has 0 saturated carbocycles. The second kappa shape index (κ2) is 41.4. The van der Waals surface area contributed by atoms with Crippen LogP contribution in [-0.2, 0) is 147 Å². The van der Waals surface area contributed by atoms with Gasteiger partial charge in [-0.25, -0.2) is 4.79 Å². The Hall–Kier alpha value is 2.13. The Morgan fingerprint density at radius 3 is 0.567 bits per heavy atom. The van der Waals surface area contributed by atoms with Gasteiger partial charge in [-0.05, 0) is 0 Å². The number of aliphatic carboxylic acids is 1. The SMILES string of the molecule is CC(=O)O.Cl.O=C(O)O.O=S(=O)(O)O.O=S(=O)(O)O.O=S(=O)(O)O.[Cu].[Cu].[V].[Zn].[Zn].[Zn]. The predicted molar refractivity (Wildman–Crippen MR) is 73.7 cm³/mol. The van der Waals surface area contributed by atoms with Crippen molar-refractivity contribution >= 4 is 55.7 Å². The average molecular weight is 827 g/mol. The molecule has 0 saturated heterocycles. The minimum Gasteiger partial charge on any atom is -0.481 e. The maximum atomic E-state index is 9.00. The molecule has 9 N–H and O–H groups in total. The summed E-state index contributed by atoms with van der Waals surface area (Å²) in [5.41, 5.74) is 0. The van der Waals surface area contributed by atoms with E-state index >= 15 is 0 Å². The van der Waals surface area contributed by atoms with Gasteiger partial charge in [0, 0.05) is 118 Å². The number of carboxylic acid groups (broad SMARTS) is 3. The zero-order valence-electron chi connectivity index (χ0n) is 14.1. The third-order valence-electron chi connectivity index (χ3n) is 0. The summed E-state index contributed by atoms with van der Waals surface area (Å²) in [6, 6.07) is 0. The number of carboxylic acids is 1. The van der Waals surface area contributed by atoms with Gasteiger partial charge >= 0.3 is 37.4 Å². The molecule has 30 heavy (non-hydrogen) atoms. The molecule has 0 heterocycles. The van der Waals surface area contributed by atoms with Crippen LogP contribution < -0.4 is 0 Å². The van der Waals surface area contributed by atoms with Crippen molar-refractivity contribution in [1.82, 2.24) is 0 Å². The third kappa shape index (κ3) is 5620. The summed E-state index contributed by atoms with van der Waals surface area (Å²) in [5.74, 6) is -0.833. The number of halogens is 1. The molecule has 3 radical (unpaired) electrons. The fourth-order valence-corrected chi connectivity index (χ4v) is 0. The van der Waals surface area contributed by atoms with Crippen molar-refractivity contribution in [2.24, 2.45) is 0 Å². The molecule has 17 nitrogen and oxygen atoms in total. The topological polar surface area (TPSA) is 319 Å². The minimum atomic E-state index is -4.67. The Kier molecular flexibility index (Phi) is 106. The normalized spacial score (nSPS) is 7.43. The van der Waals surface area contributed by atoms with Gasteiger partial charge in [0.15, 0.2) is 0 Å². The van der Waals surface area contributed by atoms with Crippen molar-refractivity contribution < 1.29 is 189 Å². The Morgan fingerprint density at radius 1 is 0.567 bits per heavy atom. The van der Waals surface area contributed by atoms with E-state index < -0.39 is 43.3 Å². The van der Waals surface area contributed by atoms with Crippen LogP contribution in [-0.4, -0.2) is 80.0 Å². The van der Waals surface area contributed by atoms with Crippen molar-refractivity contribution in [3.8, 4) is 0 Å². The van der Waals surface area contributed by atoms with E-state index in [1.807, 2.05) is 0 Å². The molecule has 0 aromatic carbocycles. The largest absolute Gasteiger partial charge is 0.503 e. The average Bonchev–Trinajstić information content (AvgIpc) is 1.85. The van der Waals surface area contributed by atoms with Crippen molar-refractivity contribution in [1.29, 1.82) is 0 Å². The van der Waals surface area contributed by atoms with Crippen molar-refractivity contribution in [3.05, 3.63) is 0 Å². The second-order valence-electron chi connectivity index (χ2n) is 2.15. The van der Waals surface area contributed by atoms with Gasteiger partial charge in [0.2, 0.25) is 0 Å². The monoisotopic (exact) mass is 820 g/mol. The van der Waals surface area contributed by atoms with Gasteiger partial charge < -0.3 is 15.3 Å². The van der Waals surface area contributed by atoms with Crippen LogP contribution in [0.2, 0.25) is 0 Å². The van der Waals surface area contributed by atoms with Crippen LogP contribution in [0.5, 0.6) is 0 Å². The Balaban J connectivity index is -0.0000000128. The summed E-state index contributed by atoms with van der Waals surface area (Å²) >= 11 is 0. The first kappa shape index (κ1) is 76.8. The first-order chi connectivity index (χ1) is 9.46. The van der Waals surface area contributed by atoms with Crippen LogP contribution in [0.4, 0.5) is 4.79 Å². The summed E-state index contributed by atoms with van der Waals surface area (Å²) in [7, 11) is -14.0. The van der Waals surface area contributed by atoms with Crippen LogP contribution in [0.25, 0.3) is 0 Å². The van der Waals surface area contributed by atoms with E-state index in [0.717, 1.165) is 6.92 Å². The number of carbonyl (C=O) groups is 2. The van der Waals surface area contributed by atoms with Gasteiger partial charge in [0.1, 0.15) is 0 Å². The van der Waals surface area contributed by atoms with E-state index in [2.05, 4.69) is 0 Å². The van der Waals surface area contributed by atoms with E-state index in [1.54, 1.807) is 0 Å². The van der Waals surface area contributed by atoms with E-state index in [0.29, 0.717) is 0 Å². The molecule has 0 aromatic heterocycles. The molecule has 0 fully saturated rings. The molecule has 0 spiro atoms. The van der Waals surface area contributed by atoms with Crippen LogP contribution in [0, 0.1) is 0 Å². The summed E-state index contributed by atoms with van der Waals surface area (Å²) in [6.07, 6.45) is -1.83. The minimum absolute atomic E-state index is 0. The molecule has 0 atom stereocenters. The fourth-order valence-electron chi connectivity index (χ4n) is 0. The summed E-state index contributed by atoms with van der Waals surface area (Å²) < 4.78 is 94.8. The maximum absolute atomic E-state index is 9.00. The van der Waals surface area contributed by atoms with E-state index in [1.165, 1.54) is 0 Å². The van der Waals surface area contributed by atoms with E-state index in [4.69, 9.17) is 77.5 Å². The third-order valence-corrected chi connectivity index (χ3v) is 0. The van der Waals surface area contributed by atoms with Gasteiger partial charge in [0.25, 0.3) is 5.97 Å². The van der Waals surface area contributed by atoms with Crippen molar-refractivity contribution in [3.63, 3.8) is 0 Å². The van der Waals surface area contributed by atoms with Crippen LogP contribution in [0.1, 0.15) is 6.92 Å². The summed E-state index contributed by atoms with van der Waals surface area (Å²) in [4.78, 5) is 17.6. The Morgan fingerprint density at radius 2 is 0.567 bits per heavy atom. The van der Waals surface area contributed by atoms with E-state index in [9.17, 15) is 0 Å². The molecule has 0 aliphatic heterocycles. The maximum Gasteiger partial charge on any atom is 0.503 e. The summed E-state index contributed by atoms with van der Waals surface area (Å²) in [6.45, 7) is 1.08. The summed E-state index contributed by atoms with van der Waals surface area (Å²) in [5, 5.41) is 21.4. The first-order valence-electron chi connectivity index (χ1n) is 3.67. The van der Waals surface area contributed by atoms with Gasteiger partial charge in [-0.1, -0.05) is 0 Å². The van der Waals surface area contributed by atoms with Crippen molar-refractivity contribution in [2.75, 3.05) is 0 Å². The van der Waals surface area contributed by atoms with E-state index in [-0.39, 0.29) is 124 Å². The standard InChI is InChI=1S/C2H4O2.CH2O3.ClH.2Cu.3H2O4S.V.3Zn/c1-2(3)4;2-1(3)4;;;;3*1-5(2,3)4;;;;/h1H3,(H,3,4);(H2,2,3,4);1H;;;3*(H2,1,2,3,4);;;;. The Labute approximate surface area is 248 Å². The van der Waals surface area contributed by atoms with Gasteiger partial charge in [-0.15, -0.1) is 12.4 Å². The van der Waals surface area contributed by atoms with Crippen LogP contribution in [0.15, 0.2) is 0 Å². The predicted octanol–water partition coefficient (Wildman–Crippen LogP) is -1.24. The molecule has 185 valence electrons. The molecule has 27 heteroatoms. The molecular formula is C3H13ClCu2O17S3VZn3. The number of rotatable bonds is 0. The molecule has 0 aromatic rings. The van der Waals surface area contributed by atoms with Gasteiger partial charge in [0.05, 0.1) is 0 Å². The zero-order chi connectivity index (χ0) is 20.7. The van der Waals surface area contributed by atoms with Crippen molar-refractivity contribution in [2.45, 2.75) is 6.92 Å². The fraction of sp³-hybridized carbons (Fsp3) is 0.333. The molecule has 0 aliphatic rings. The van der Waals surface area contributed by atoms with Crippen LogP contribution >= 0.6 is 12.4 Å². The molecule has 0 amide bonds. The second-order valence-corrected chi connectivity index (χ2v) is 4.83. The molecular weight excluding hydrogens is 814 g/mol. The van der Waals surface area contributed by atoms with Crippen LogP contribution in [0.3, 0.4) is 0 Å². The molecule has 0 rings (SSSR count). The molecule has 0 bridgehead atoms. The number of hydrogen-bond donors (Lipinski definition) is 9. The quantitative estimate of drug-likeness (QED) is 0.102. The van der Waals surface area contributed by atoms with Gasteiger partial charge in [-0.2, -0.15) is 25.3 Å². The smallest absolute Gasteiger partial charge is 0.481 e. The molecule has 0 unspecified atom stereocenters. The molecule has 0 aliphatic carbocycles.